The van der Waals surface area contributed by atoms with Crippen molar-refractivity contribution >= 4 is 11.9 Å². The normalized spacial score (nSPS) is 16.1. The van der Waals surface area contributed by atoms with E-state index in [1.807, 2.05) is 44.2 Å². The Kier molecular flexibility index (Phi) is 17.8. The predicted octanol–water partition coefficient (Wildman–Crippen LogP) is 7.45. The molecule has 228 valence electrons. The van der Waals surface area contributed by atoms with Crippen LogP contribution in [0.4, 0.5) is 4.79 Å². The topological polar surface area (TPSA) is 79.3 Å². The van der Waals surface area contributed by atoms with Crippen molar-refractivity contribution in [1.82, 2.24) is 9.80 Å². The fourth-order valence-corrected chi connectivity index (χ4v) is 5.38. The molecule has 1 aromatic rings. The van der Waals surface area contributed by atoms with Gasteiger partial charge in [0.2, 0.25) is 5.91 Å². The quantitative estimate of drug-likeness (QED) is 0.105. The molecule has 1 aliphatic rings. The van der Waals surface area contributed by atoms with Crippen molar-refractivity contribution in [2.45, 2.75) is 142 Å². The standard InChI is InChI=1S/C33H56N2O5/c1-4-6-7-8-9-10-11-12-13-14-15-16-20-23-30(28(3)39-27-29-21-18-17-19-22-29)40-32(5-2)35-26-31(37)34(24-25-36)33(35)38/h17-19,21-22,28,30,32,36H,4-16,20,23-27H2,1-3H3. The third-order valence-corrected chi connectivity index (χ3v) is 7.91. The maximum Gasteiger partial charge on any atom is 0.329 e. The van der Waals surface area contributed by atoms with Crippen molar-refractivity contribution < 1.29 is 24.2 Å². The molecule has 0 aliphatic carbocycles. The largest absolute Gasteiger partial charge is 0.395 e. The lowest BCUT2D eigenvalue weighted by molar-refractivity contribution is -0.140. The van der Waals surface area contributed by atoms with E-state index in [0.29, 0.717) is 13.0 Å². The van der Waals surface area contributed by atoms with Crippen molar-refractivity contribution in [2.75, 3.05) is 19.7 Å². The van der Waals surface area contributed by atoms with Gasteiger partial charge in [0.15, 0.2) is 0 Å². The number of hydrogen-bond acceptors (Lipinski definition) is 5. The fourth-order valence-electron chi connectivity index (χ4n) is 5.38. The SMILES string of the molecule is CCCCCCCCCCCCCCCC(OC(CC)N1CC(=O)N(CCO)C1=O)C(C)OCc1ccccc1. The zero-order valence-electron chi connectivity index (χ0n) is 25.5. The summed E-state index contributed by atoms with van der Waals surface area (Å²) in [5, 5.41) is 9.25. The maximum atomic E-state index is 12.9. The first kappa shape index (κ1) is 34.2. The molecule has 3 amide bonds. The number of urea groups is 1. The Balaban J connectivity index is 1.80. The average Bonchev–Trinajstić information content (AvgIpc) is 3.25. The van der Waals surface area contributed by atoms with Crippen LogP contribution in [-0.2, 0) is 20.9 Å². The molecular weight excluding hydrogens is 504 g/mol. The molecule has 1 saturated heterocycles. The summed E-state index contributed by atoms with van der Waals surface area (Å²) in [6.45, 7) is 6.54. The minimum Gasteiger partial charge on any atom is -0.395 e. The Morgan fingerprint density at radius 3 is 1.98 bits per heavy atom. The first-order chi connectivity index (χ1) is 19.5. The summed E-state index contributed by atoms with van der Waals surface area (Å²) >= 11 is 0. The summed E-state index contributed by atoms with van der Waals surface area (Å²) in [6.07, 6.45) is 17.6. The molecule has 1 aliphatic heterocycles. The van der Waals surface area contributed by atoms with Crippen LogP contribution in [0.15, 0.2) is 30.3 Å². The number of imide groups is 1. The number of unbranched alkanes of at least 4 members (excludes halogenated alkanes) is 12. The molecule has 1 fully saturated rings. The zero-order chi connectivity index (χ0) is 29.0. The molecule has 0 saturated carbocycles. The molecular formula is C33H56N2O5. The minimum absolute atomic E-state index is 0.0119. The number of rotatable bonds is 24. The van der Waals surface area contributed by atoms with Crippen LogP contribution in [0.3, 0.4) is 0 Å². The van der Waals surface area contributed by atoms with Crippen LogP contribution in [0, 0.1) is 0 Å². The van der Waals surface area contributed by atoms with Gasteiger partial charge in [-0.15, -0.1) is 0 Å². The van der Waals surface area contributed by atoms with E-state index in [1.54, 1.807) is 0 Å². The van der Waals surface area contributed by atoms with Crippen molar-refractivity contribution in [3.8, 4) is 0 Å². The summed E-state index contributed by atoms with van der Waals surface area (Å²) < 4.78 is 12.8. The van der Waals surface area contributed by atoms with Crippen molar-refractivity contribution in [3.63, 3.8) is 0 Å². The molecule has 0 radical (unpaired) electrons. The highest BCUT2D eigenvalue weighted by Gasteiger charge is 2.40. The number of hydrogen-bond donors (Lipinski definition) is 1. The van der Waals surface area contributed by atoms with E-state index < -0.39 is 6.23 Å². The summed E-state index contributed by atoms with van der Waals surface area (Å²) in [7, 11) is 0. The van der Waals surface area contributed by atoms with Gasteiger partial charge in [0.25, 0.3) is 0 Å². The number of nitrogens with zero attached hydrogens (tertiary/aromatic N) is 2. The number of carbonyl (C=O) groups excluding carboxylic acids is 2. The van der Waals surface area contributed by atoms with Crippen molar-refractivity contribution in [1.29, 1.82) is 0 Å². The van der Waals surface area contributed by atoms with Crippen LogP contribution < -0.4 is 0 Å². The summed E-state index contributed by atoms with van der Waals surface area (Å²) in [6, 6.07) is 9.72. The Bertz CT molecular complexity index is 805. The second-order valence-corrected chi connectivity index (χ2v) is 11.2. The molecule has 1 aromatic carbocycles. The summed E-state index contributed by atoms with van der Waals surface area (Å²) in [4.78, 5) is 27.8. The first-order valence-electron chi connectivity index (χ1n) is 16.0. The third-order valence-electron chi connectivity index (χ3n) is 7.91. The first-order valence-corrected chi connectivity index (χ1v) is 16.0. The Labute approximate surface area is 243 Å². The fraction of sp³-hybridized carbons (Fsp3) is 0.758. The van der Waals surface area contributed by atoms with Crippen LogP contribution in [0.2, 0.25) is 0 Å². The molecule has 0 aromatic heterocycles. The zero-order valence-corrected chi connectivity index (χ0v) is 25.5. The number of amides is 3. The van der Waals surface area contributed by atoms with E-state index in [9.17, 15) is 14.7 Å². The lowest BCUT2D eigenvalue weighted by atomic mass is 10.0. The molecule has 2 rings (SSSR count). The van der Waals surface area contributed by atoms with Gasteiger partial charge in [0.05, 0.1) is 32.0 Å². The number of aliphatic hydroxyl groups is 1. The van der Waals surface area contributed by atoms with E-state index in [-0.39, 0.29) is 43.8 Å². The molecule has 7 nitrogen and oxygen atoms in total. The van der Waals surface area contributed by atoms with Crippen molar-refractivity contribution in [3.05, 3.63) is 35.9 Å². The molecule has 1 heterocycles. The van der Waals surface area contributed by atoms with Crippen LogP contribution >= 0.6 is 0 Å². The Hall–Kier alpha value is -1.96. The van der Waals surface area contributed by atoms with Gasteiger partial charge in [-0.1, -0.05) is 128 Å². The average molecular weight is 561 g/mol. The minimum atomic E-state index is -0.505. The van der Waals surface area contributed by atoms with Crippen LogP contribution in [0.1, 0.15) is 123 Å². The molecule has 1 N–H and O–H groups in total. The summed E-state index contributed by atoms with van der Waals surface area (Å²) in [5.74, 6) is -0.289. The van der Waals surface area contributed by atoms with Gasteiger partial charge in [-0.3, -0.25) is 14.6 Å². The van der Waals surface area contributed by atoms with Gasteiger partial charge in [-0.2, -0.15) is 0 Å². The van der Waals surface area contributed by atoms with Gasteiger partial charge < -0.3 is 14.6 Å². The van der Waals surface area contributed by atoms with Gasteiger partial charge >= 0.3 is 6.03 Å². The Morgan fingerprint density at radius 2 is 1.43 bits per heavy atom. The van der Waals surface area contributed by atoms with Gasteiger partial charge in [0.1, 0.15) is 12.8 Å². The summed E-state index contributed by atoms with van der Waals surface area (Å²) in [5.41, 5.74) is 1.11. The van der Waals surface area contributed by atoms with E-state index in [2.05, 4.69) is 6.92 Å². The van der Waals surface area contributed by atoms with E-state index in [4.69, 9.17) is 9.47 Å². The molecule has 3 unspecified atom stereocenters. The maximum absolute atomic E-state index is 12.9. The second kappa shape index (κ2) is 20.8. The highest BCUT2D eigenvalue weighted by atomic mass is 16.6. The van der Waals surface area contributed by atoms with Gasteiger partial charge in [-0.05, 0) is 25.3 Å². The lowest BCUT2D eigenvalue weighted by Crippen LogP contribution is -2.45. The van der Waals surface area contributed by atoms with Crippen molar-refractivity contribution in [2.24, 2.45) is 0 Å². The van der Waals surface area contributed by atoms with E-state index in [0.717, 1.165) is 29.7 Å². The lowest BCUT2D eigenvalue weighted by Gasteiger charge is -2.33. The second-order valence-electron chi connectivity index (χ2n) is 11.2. The van der Waals surface area contributed by atoms with Crippen LogP contribution in [0.25, 0.3) is 0 Å². The van der Waals surface area contributed by atoms with Gasteiger partial charge in [-0.25, -0.2) is 4.79 Å². The van der Waals surface area contributed by atoms with E-state index in [1.165, 1.54) is 75.5 Å². The van der Waals surface area contributed by atoms with Crippen LogP contribution in [-0.4, -0.2) is 65.0 Å². The molecule has 0 spiro atoms. The number of β-amino-alcohol motifs (C(OH)–C–C–N with tert-alkyl or cyclic N) is 1. The highest BCUT2D eigenvalue weighted by molar-refractivity contribution is 6.02. The van der Waals surface area contributed by atoms with Gasteiger partial charge in [0, 0.05) is 0 Å². The van der Waals surface area contributed by atoms with E-state index >= 15 is 0 Å². The predicted molar refractivity (Wildman–Crippen MR) is 161 cm³/mol. The molecule has 7 heteroatoms. The monoisotopic (exact) mass is 560 g/mol. The number of benzene rings is 1. The molecule has 3 atom stereocenters. The Morgan fingerprint density at radius 1 is 0.850 bits per heavy atom. The third kappa shape index (κ3) is 12.7. The van der Waals surface area contributed by atoms with Crippen LogP contribution in [0.5, 0.6) is 0 Å². The number of aliphatic hydroxyl groups excluding tert-OH is 1. The highest BCUT2D eigenvalue weighted by Crippen LogP contribution is 2.23. The smallest absolute Gasteiger partial charge is 0.329 e. The molecule has 0 bridgehead atoms. The molecule has 40 heavy (non-hydrogen) atoms. The number of carbonyl (C=O) groups is 2. The number of ether oxygens (including phenoxy) is 2.